The summed E-state index contributed by atoms with van der Waals surface area (Å²) in [4.78, 5) is 11.1. The summed E-state index contributed by atoms with van der Waals surface area (Å²) in [6, 6.07) is 5.53. The number of hydrogen-bond acceptors (Lipinski definition) is 6. The number of nitrogens with one attached hydrogen (secondary N) is 1. The summed E-state index contributed by atoms with van der Waals surface area (Å²) < 4.78 is 31.5. The summed E-state index contributed by atoms with van der Waals surface area (Å²) in [6.07, 6.45) is 2.75. The topological polar surface area (TPSA) is 117 Å². The molecule has 0 saturated heterocycles. The Hall–Kier alpha value is -2.42. The van der Waals surface area contributed by atoms with E-state index >= 15 is 0 Å². The Labute approximate surface area is 140 Å². The van der Waals surface area contributed by atoms with Gasteiger partial charge in [-0.1, -0.05) is 23.4 Å². The van der Waals surface area contributed by atoms with Crippen molar-refractivity contribution in [3.8, 4) is 0 Å². The molecule has 0 fully saturated rings. The van der Waals surface area contributed by atoms with Crippen LogP contribution in [0.1, 0.15) is 29.0 Å². The first-order valence-electron chi connectivity index (χ1n) is 7.28. The monoisotopic (exact) mass is 353 g/mol. The SMILES string of the molecule is CN/C(=N\O)c1cccc2c1CCC2/C=N/S(=O)(=O)CC(=O)OC. The number of oxime groups is 1. The summed E-state index contributed by atoms with van der Waals surface area (Å²) in [7, 11) is -1.12. The van der Waals surface area contributed by atoms with Crippen molar-refractivity contribution in [2.75, 3.05) is 19.9 Å². The lowest BCUT2D eigenvalue weighted by Crippen LogP contribution is -2.21. The van der Waals surface area contributed by atoms with Crippen LogP contribution >= 0.6 is 0 Å². The van der Waals surface area contributed by atoms with Crippen LogP contribution in [0.4, 0.5) is 0 Å². The number of ether oxygens (including phenoxy) is 1. The molecule has 0 bridgehead atoms. The highest BCUT2D eigenvalue weighted by Crippen LogP contribution is 2.34. The van der Waals surface area contributed by atoms with Gasteiger partial charge in [0.2, 0.25) is 0 Å². The first kappa shape index (κ1) is 17.9. The van der Waals surface area contributed by atoms with Gasteiger partial charge in [-0.15, -0.1) is 0 Å². The quantitative estimate of drug-likeness (QED) is 0.264. The minimum Gasteiger partial charge on any atom is -0.468 e. The number of hydrogen-bond donors (Lipinski definition) is 2. The van der Waals surface area contributed by atoms with E-state index in [2.05, 4.69) is 19.6 Å². The molecular formula is C15H19N3O5S. The fourth-order valence-corrected chi connectivity index (χ4v) is 3.54. The van der Waals surface area contributed by atoms with E-state index in [1.807, 2.05) is 18.2 Å². The van der Waals surface area contributed by atoms with Gasteiger partial charge >= 0.3 is 5.97 Å². The van der Waals surface area contributed by atoms with Crippen molar-refractivity contribution in [1.29, 1.82) is 0 Å². The first-order valence-corrected chi connectivity index (χ1v) is 8.89. The van der Waals surface area contributed by atoms with E-state index in [0.717, 1.165) is 23.8 Å². The highest BCUT2D eigenvalue weighted by molar-refractivity contribution is 7.90. The molecule has 1 aliphatic carbocycles. The third kappa shape index (κ3) is 3.91. The Bertz CT molecular complexity index is 786. The van der Waals surface area contributed by atoms with E-state index in [-0.39, 0.29) is 5.92 Å². The number of benzene rings is 1. The third-order valence-electron chi connectivity index (χ3n) is 3.84. The minimum absolute atomic E-state index is 0.177. The molecule has 0 heterocycles. The number of fused-ring (bicyclic) bond motifs is 1. The molecule has 1 aromatic rings. The predicted octanol–water partition coefficient (Wildman–Crippen LogP) is 0.645. The Morgan fingerprint density at radius 1 is 1.50 bits per heavy atom. The van der Waals surface area contributed by atoms with Crippen LogP contribution in [0.3, 0.4) is 0 Å². The Morgan fingerprint density at radius 3 is 2.88 bits per heavy atom. The average molecular weight is 353 g/mol. The molecule has 2 N–H and O–H groups in total. The maximum atomic E-state index is 11.8. The van der Waals surface area contributed by atoms with E-state index in [4.69, 9.17) is 5.21 Å². The molecular weight excluding hydrogens is 334 g/mol. The van der Waals surface area contributed by atoms with Crippen molar-refractivity contribution in [2.45, 2.75) is 18.8 Å². The molecule has 0 aromatic heterocycles. The zero-order valence-electron chi connectivity index (χ0n) is 13.4. The van der Waals surface area contributed by atoms with Crippen molar-refractivity contribution in [3.63, 3.8) is 0 Å². The predicted molar refractivity (Wildman–Crippen MR) is 89.2 cm³/mol. The van der Waals surface area contributed by atoms with Crippen LogP contribution in [-0.4, -0.2) is 51.6 Å². The molecule has 1 aliphatic rings. The number of esters is 1. The van der Waals surface area contributed by atoms with Crippen molar-refractivity contribution in [2.24, 2.45) is 9.55 Å². The van der Waals surface area contributed by atoms with Crippen LogP contribution in [-0.2, 0) is 26.0 Å². The van der Waals surface area contributed by atoms with Gasteiger partial charge in [0.1, 0.15) is 0 Å². The average Bonchev–Trinajstić information content (AvgIpc) is 2.97. The highest BCUT2D eigenvalue weighted by atomic mass is 32.2. The van der Waals surface area contributed by atoms with Gasteiger partial charge in [0.25, 0.3) is 10.0 Å². The lowest BCUT2D eigenvalue weighted by molar-refractivity contribution is -0.137. The summed E-state index contributed by atoms with van der Waals surface area (Å²) in [5.41, 5.74) is 2.69. The molecule has 0 amide bonds. The van der Waals surface area contributed by atoms with E-state index < -0.39 is 21.7 Å². The molecule has 1 aromatic carbocycles. The van der Waals surface area contributed by atoms with Crippen LogP contribution in [0, 0.1) is 0 Å². The maximum Gasteiger partial charge on any atom is 0.322 e. The Morgan fingerprint density at radius 2 is 2.25 bits per heavy atom. The number of nitrogens with zero attached hydrogens (tertiary/aromatic N) is 2. The van der Waals surface area contributed by atoms with E-state index in [9.17, 15) is 13.2 Å². The Balaban J connectivity index is 2.26. The van der Waals surface area contributed by atoms with Crippen LogP contribution < -0.4 is 5.32 Å². The summed E-state index contributed by atoms with van der Waals surface area (Å²) in [6.45, 7) is 0. The number of sulfonamides is 1. The van der Waals surface area contributed by atoms with Gasteiger partial charge in [0, 0.05) is 24.7 Å². The van der Waals surface area contributed by atoms with Crippen LogP contribution in [0.15, 0.2) is 27.8 Å². The molecule has 2 rings (SSSR count). The second kappa shape index (κ2) is 7.43. The molecule has 0 spiro atoms. The van der Waals surface area contributed by atoms with Gasteiger partial charge in [-0.25, -0.2) is 8.42 Å². The van der Waals surface area contributed by atoms with Crippen molar-refractivity contribution >= 4 is 28.0 Å². The summed E-state index contributed by atoms with van der Waals surface area (Å²) in [5, 5.41) is 15.1. The van der Waals surface area contributed by atoms with Crippen LogP contribution in [0.2, 0.25) is 0 Å². The van der Waals surface area contributed by atoms with Gasteiger partial charge in [-0.3, -0.25) is 4.79 Å². The lowest BCUT2D eigenvalue weighted by Gasteiger charge is -2.10. The largest absolute Gasteiger partial charge is 0.468 e. The summed E-state index contributed by atoms with van der Waals surface area (Å²) in [5.74, 6) is -1.45. The fraction of sp³-hybridized carbons (Fsp3) is 0.400. The number of amidine groups is 1. The van der Waals surface area contributed by atoms with Crippen molar-refractivity contribution in [3.05, 3.63) is 34.9 Å². The van der Waals surface area contributed by atoms with Crippen LogP contribution in [0.5, 0.6) is 0 Å². The third-order valence-corrected chi connectivity index (χ3v) is 4.88. The molecule has 0 radical (unpaired) electrons. The van der Waals surface area contributed by atoms with E-state index in [0.29, 0.717) is 18.7 Å². The zero-order chi connectivity index (χ0) is 17.7. The van der Waals surface area contributed by atoms with Crippen molar-refractivity contribution in [1.82, 2.24) is 5.32 Å². The molecule has 1 unspecified atom stereocenters. The smallest absolute Gasteiger partial charge is 0.322 e. The molecule has 0 saturated carbocycles. The zero-order valence-corrected chi connectivity index (χ0v) is 14.2. The van der Waals surface area contributed by atoms with Crippen molar-refractivity contribution < 1.29 is 23.2 Å². The lowest BCUT2D eigenvalue weighted by atomic mass is 9.99. The van der Waals surface area contributed by atoms with Gasteiger partial charge in [0.15, 0.2) is 11.6 Å². The van der Waals surface area contributed by atoms with E-state index in [1.54, 1.807) is 7.05 Å². The van der Waals surface area contributed by atoms with Crippen LogP contribution in [0.25, 0.3) is 0 Å². The summed E-state index contributed by atoms with van der Waals surface area (Å²) >= 11 is 0. The molecule has 8 nitrogen and oxygen atoms in total. The van der Waals surface area contributed by atoms with Gasteiger partial charge < -0.3 is 15.3 Å². The maximum absolute atomic E-state index is 11.8. The number of methoxy groups -OCH3 is 1. The number of carbonyl (C=O) groups excluding carboxylic acids is 1. The molecule has 9 heteroatoms. The standard InChI is InChI=1S/C15H19N3O5S/c1-16-15(18-20)13-5-3-4-11-10(6-7-12(11)13)8-17-24(21,22)9-14(19)23-2/h3-5,8,10,20H,6-7,9H2,1-2H3,(H,16,18)/b17-8+. The van der Waals surface area contributed by atoms with Gasteiger partial charge in [-0.2, -0.15) is 4.40 Å². The van der Waals surface area contributed by atoms with Gasteiger partial charge in [-0.05, 0) is 24.0 Å². The van der Waals surface area contributed by atoms with Gasteiger partial charge in [0.05, 0.1) is 7.11 Å². The molecule has 0 aliphatic heterocycles. The molecule has 130 valence electrons. The van der Waals surface area contributed by atoms with E-state index in [1.165, 1.54) is 6.21 Å². The fourth-order valence-electron chi connectivity index (χ4n) is 2.71. The second-order valence-electron chi connectivity index (χ2n) is 5.27. The number of rotatable bonds is 5. The molecule has 1 atom stereocenters. The normalized spacial score (nSPS) is 17.8. The number of carbonyl (C=O) groups is 1. The molecule has 24 heavy (non-hydrogen) atoms. The highest BCUT2D eigenvalue weighted by Gasteiger charge is 2.25. The first-order chi connectivity index (χ1) is 11.4. The second-order valence-corrected chi connectivity index (χ2v) is 6.94. The minimum atomic E-state index is -3.90. The Kier molecular flexibility index (Phi) is 5.55.